The standard InChI is InChI=1S/C10H16O2/c1-6(2)8-4-9(7(3)11)10(12)5-8/h6,8-9H,4-5H2,1-3H3/t8-,9?/m1/s1. The molecule has 0 aromatic carbocycles. The van der Waals surface area contributed by atoms with Gasteiger partial charge in [-0.25, -0.2) is 0 Å². The Hall–Kier alpha value is -0.660. The molecule has 0 heterocycles. The van der Waals surface area contributed by atoms with E-state index in [1.165, 1.54) is 6.92 Å². The van der Waals surface area contributed by atoms with Crippen molar-refractivity contribution < 1.29 is 9.59 Å². The molecule has 12 heavy (non-hydrogen) atoms. The van der Waals surface area contributed by atoms with E-state index in [-0.39, 0.29) is 17.5 Å². The molecule has 2 atom stereocenters. The zero-order valence-electron chi connectivity index (χ0n) is 7.96. The van der Waals surface area contributed by atoms with Gasteiger partial charge in [0, 0.05) is 6.42 Å². The zero-order valence-corrected chi connectivity index (χ0v) is 7.96. The van der Waals surface area contributed by atoms with Crippen molar-refractivity contribution in [1.82, 2.24) is 0 Å². The zero-order chi connectivity index (χ0) is 9.30. The van der Waals surface area contributed by atoms with E-state index >= 15 is 0 Å². The predicted octanol–water partition coefficient (Wildman–Crippen LogP) is 1.83. The van der Waals surface area contributed by atoms with Crippen LogP contribution in [0.25, 0.3) is 0 Å². The van der Waals surface area contributed by atoms with Crippen LogP contribution in [0.1, 0.15) is 33.6 Å². The first kappa shape index (κ1) is 9.43. The second-order valence-corrected chi connectivity index (χ2v) is 4.07. The van der Waals surface area contributed by atoms with Crippen molar-refractivity contribution >= 4 is 11.6 Å². The van der Waals surface area contributed by atoms with E-state index in [1.54, 1.807) is 0 Å². The van der Waals surface area contributed by atoms with E-state index in [0.717, 1.165) is 6.42 Å². The minimum atomic E-state index is -0.280. The van der Waals surface area contributed by atoms with E-state index in [2.05, 4.69) is 13.8 Å². The second kappa shape index (κ2) is 3.38. The summed E-state index contributed by atoms with van der Waals surface area (Å²) >= 11 is 0. The van der Waals surface area contributed by atoms with Crippen LogP contribution >= 0.6 is 0 Å². The Kier molecular flexibility index (Phi) is 2.65. The molecule has 68 valence electrons. The number of carbonyl (C=O) groups is 2. The predicted molar refractivity (Wildman–Crippen MR) is 46.7 cm³/mol. The average Bonchev–Trinajstić information content (AvgIpc) is 2.30. The third-order valence-corrected chi connectivity index (χ3v) is 2.82. The Bertz CT molecular complexity index is 206. The van der Waals surface area contributed by atoms with Gasteiger partial charge in [-0.3, -0.25) is 9.59 Å². The highest BCUT2D eigenvalue weighted by Crippen LogP contribution is 2.33. The SMILES string of the molecule is CC(=O)C1C[C@@H](C(C)C)CC1=O. The Morgan fingerprint density at radius 3 is 2.33 bits per heavy atom. The molecule has 0 aromatic heterocycles. The maximum Gasteiger partial charge on any atom is 0.143 e. The third-order valence-electron chi connectivity index (χ3n) is 2.82. The summed E-state index contributed by atoms with van der Waals surface area (Å²) in [7, 11) is 0. The molecule has 1 aliphatic rings. The van der Waals surface area contributed by atoms with E-state index in [0.29, 0.717) is 18.3 Å². The van der Waals surface area contributed by atoms with Gasteiger partial charge in [0.05, 0.1) is 5.92 Å². The van der Waals surface area contributed by atoms with Crippen LogP contribution in [0.3, 0.4) is 0 Å². The van der Waals surface area contributed by atoms with Gasteiger partial charge in [-0.15, -0.1) is 0 Å². The summed E-state index contributed by atoms with van der Waals surface area (Å²) in [6.45, 7) is 5.74. The van der Waals surface area contributed by atoms with Gasteiger partial charge in [-0.05, 0) is 25.2 Å². The number of ketones is 2. The molecule has 0 aliphatic heterocycles. The van der Waals surface area contributed by atoms with Crippen molar-refractivity contribution in [3.8, 4) is 0 Å². The largest absolute Gasteiger partial charge is 0.299 e. The Morgan fingerprint density at radius 2 is 2.08 bits per heavy atom. The molecule has 1 saturated carbocycles. The first-order valence-electron chi connectivity index (χ1n) is 4.55. The molecule has 0 aromatic rings. The van der Waals surface area contributed by atoms with Crippen molar-refractivity contribution in [2.75, 3.05) is 0 Å². The second-order valence-electron chi connectivity index (χ2n) is 4.07. The lowest BCUT2D eigenvalue weighted by molar-refractivity contribution is -0.129. The average molecular weight is 168 g/mol. The lowest BCUT2D eigenvalue weighted by Crippen LogP contribution is -2.14. The monoisotopic (exact) mass is 168 g/mol. The fourth-order valence-electron chi connectivity index (χ4n) is 1.82. The highest BCUT2D eigenvalue weighted by Gasteiger charge is 2.36. The summed E-state index contributed by atoms with van der Waals surface area (Å²) in [5.74, 6) is 0.881. The molecule has 2 heteroatoms. The van der Waals surface area contributed by atoms with Gasteiger partial charge in [0.1, 0.15) is 11.6 Å². The molecule has 1 rings (SSSR count). The lowest BCUT2D eigenvalue weighted by atomic mass is 9.93. The molecular weight excluding hydrogens is 152 g/mol. The highest BCUT2D eigenvalue weighted by atomic mass is 16.1. The van der Waals surface area contributed by atoms with Gasteiger partial charge in [0.2, 0.25) is 0 Å². The molecule has 1 aliphatic carbocycles. The van der Waals surface area contributed by atoms with Crippen molar-refractivity contribution in [1.29, 1.82) is 0 Å². The number of rotatable bonds is 2. The molecule has 1 fully saturated rings. The maximum absolute atomic E-state index is 11.3. The summed E-state index contributed by atoms with van der Waals surface area (Å²) in [5.41, 5.74) is 0. The van der Waals surface area contributed by atoms with Crippen LogP contribution in [0.4, 0.5) is 0 Å². The van der Waals surface area contributed by atoms with Crippen LogP contribution in [-0.4, -0.2) is 11.6 Å². The van der Waals surface area contributed by atoms with E-state index < -0.39 is 0 Å². The fraction of sp³-hybridized carbons (Fsp3) is 0.800. The summed E-state index contributed by atoms with van der Waals surface area (Å²) in [6, 6.07) is 0. The number of carbonyl (C=O) groups excluding carboxylic acids is 2. The molecule has 2 nitrogen and oxygen atoms in total. The number of Topliss-reactive ketones (excluding diaryl/α,β-unsaturated/α-hetero) is 2. The molecule has 0 spiro atoms. The van der Waals surface area contributed by atoms with Crippen LogP contribution in [0.15, 0.2) is 0 Å². The van der Waals surface area contributed by atoms with Crippen LogP contribution in [0.5, 0.6) is 0 Å². The van der Waals surface area contributed by atoms with Gasteiger partial charge in [-0.1, -0.05) is 13.8 Å². The number of hydrogen-bond donors (Lipinski definition) is 0. The lowest BCUT2D eigenvalue weighted by Gasteiger charge is -2.11. The summed E-state index contributed by atoms with van der Waals surface area (Å²) in [5, 5.41) is 0. The molecule has 0 N–H and O–H groups in total. The Balaban J connectivity index is 2.62. The molecule has 0 amide bonds. The Labute approximate surface area is 73.3 Å². The van der Waals surface area contributed by atoms with Crippen LogP contribution in [-0.2, 0) is 9.59 Å². The molecule has 0 bridgehead atoms. The summed E-state index contributed by atoms with van der Waals surface area (Å²) in [4.78, 5) is 22.3. The van der Waals surface area contributed by atoms with Gasteiger partial charge in [0.15, 0.2) is 0 Å². The highest BCUT2D eigenvalue weighted by molar-refractivity contribution is 6.02. The van der Waals surface area contributed by atoms with Gasteiger partial charge in [0.25, 0.3) is 0 Å². The van der Waals surface area contributed by atoms with Crippen LogP contribution in [0, 0.1) is 17.8 Å². The topological polar surface area (TPSA) is 34.1 Å². The first-order valence-corrected chi connectivity index (χ1v) is 4.55. The molecule has 0 radical (unpaired) electrons. The quantitative estimate of drug-likeness (QED) is 0.589. The minimum absolute atomic E-state index is 0.0446. The van der Waals surface area contributed by atoms with E-state index in [1.807, 2.05) is 0 Å². The first-order chi connectivity index (χ1) is 5.52. The molecular formula is C10H16O2. The van der Waals surface area contributed by atoms with Gasteiger partial charge >= 0.3 is 0 Å². The van der Waals surface area contributed by atoms with E-state index in [4.69, 9.17) is 0 Å². The minimum Gasteiger partial charge on any atom is -0.299 e. The number of hydrogen-bond acceptors (Lipinski definition) is 2. The third kappa shape index (κ3) is 1.74. The maximum atomic E-state index is 11.3. The van der Waals surface area contributed by atoms with Crippen molar-refractivity contribution in [3.05, 3.63) is 0 Å². The van der Waals surface area contributed by atoms with Crippen LogP contribution < -0.4 is 0 Å². The van der Waals surface area contributed by atoms with Crippen LogP contribution in [0.2, 0.25) is 0 Å². The summed E-state index contributed by atoms with van der Waals surface area (Å²) in [6.07, 6.45) is 1.40. The fourth-order valence-corrected chi connectivity index (χ4v) is 1.82. The molecule has 1 unspecified atom stereocenters. The van der Waals surface area contributed by atoms with Gasteiger partial charge < -0.3 is 0 Å². The van der Waals surface area contributed by atoms with Crippen molar-refractivity contribution in [2.45, 2.75) is 33.6 Å². The van der Waals surface area contributed by atoms with Gasteiger partial charge in [-0.2, -0.15) is 0 Å². The Morgan fingerprint density at radius 1 is 1.50 bits per heavy atom. The summed E-state index contributed by atoms with van der Waals surface area (Å²) < 4.78 is 0. The normalized spacial score (nSPS) is 29.8. The van der Waals surface area contributed by atoms with Crippen molar-refractivity contribution in [3.63, 3.8) is 0 Å². The van der Waals surface area contributed by atoms with Crippen molar-refractivity contribution in [2.24, 2.45) is 17.8 Å². The smallest absolute Gasteiger partial charge is 0.143 e. The van der Waals surface area contributed by atoms with E-state index in [9.17, 15) is 9.59 Å². The molecule has 0 saturated heterocycles.